The van der Waals surface area contributed by atoms with Crippen LogP contribution >= 0.6 is 0 Å². The topological polar surface area (TPSA) is 90.1 Å². The molecule has 0 fully saturated rings. The fourth-order valence-corrected chi connectivity index (χ4v) is 1.53. The number of anilines is 1. The van der Waals surface area contributed by atoms with Crippen LogP contribution in [0.5, 0.6) is 11.6 Å². The Morgan fingerprint density at radius 2 is 2.05 bits per heavy atom. The van der Waals surface area contributed by atoms with Crippen molar-refractivity contribution in [3.05, 3.63) is 42.1 Å². The predicted octanol–water partition coefficient (Wildman–Crippen LogP) is 2.19. The zero-order valence-electron chi connectivity index (χ0n) is 11.2. The Labute approximate surface area is 117 Å². The molecular formula is C14H16N4O2. The number of aromatic nitrogens is 2. The lowest BCUT2D eigenvalue weighted by Gasteiger charge is -2.07. The average Bonchev–Trinajstić information content (AvgIpc) is 2.46. The molecule has 0 unspecified atom stereocenters. The number of ether oxygens (including phenoxy) is 1. The first kappa shape index (κ1) is 13.8. The Bertz CT molecular complexity index is 584. The number of carbonyl (C=O) groups excluding carboxylic acids is 1. The van der Waals surface area contributed by atoms with Crippen LogP contribution in [-0.4, -0.2) is 22.4 Å². The van der Waals surface area contributed by atoms with Gasteiger partial charge in [-0.15, -0.1) is 0 Å². The summed E-state index contributed by atoms with van der Waals surface area (Å²) in [5.74, 6) is 1.07. The van der Waals surface area contributed by atoms with E-state index in [1.807, 2.05) is 0 Å². The summed E-state index contributed by atoms with van der Waals surface area (Å²) in [4.78, 5) is 19.3. The Balaban J connectivity index is 2.07. The smallest absolute Gasteiger partial charge is 0.248 e. The molecule has 104 valence electrons. The van der Waals surface area contributed by atoms with Crippen molar-refractivity contribution in [2.75, 3.05) is 11.9 Å². The van der Waals surface area contributed by atoms with Crippen LogP contribution in [0, 0.1) is 0 Å². The van der Waals surface area contributed by atoms with Crippen molar-refractivity contribution >= 4 is 11.9 Å². The monoisotopic (exact) mass is 272 g/mol. The zero-order chi connectivity index (χ0) is 14.4. The fourth-order valence-electron chi connectivity index (χ4n) is 1.53. The van der Waals surface area contributed by atoms with E-state index in [9.17, 15) is 4.79 Å². The van der Waals surface area contributed by atoms with Crippen molar-refractivity contribution in [1.29, 1.82) is 0 Å². The Morgan fingerprint density at radius 1 is 1.30 bits per heavy atom. The van der Waals surface area contributed by atoms with Crippen molar-refractivity contribution in [1.82, 2.24) is 9.97 Å². The lowest BCUT2D eigenvalue weighted by molar-refractivity contribution is 0.100. The molecule has 1 amide bonds. The third-order valence-electron chi connectivity index (χ3n) is 2.52. The van der Waals surface area contributed by atoms with Gasteiger partial charge in [0.25, 0.3) is 0 Å². The van der Waals surface area contributed by atoms with E-state index in [1.165, 1.54) is 0 Å². The van der Waals surface area contributed by atoms with Crippen molar-refractivity contribution in [3.63, 3.8) is 0 Å². The minimum Gasteiger partial charge on any atom is -0.439 e. The van der Waals surface area contributed by atoms with Gasteiger partial charge in [0.2, 0.25) is 17.7 Å². The second kappa shape index (κ2) is 6.51. The van der Waals surface area contributed by atoms with Crippen LogP contribution in [0.3, 0.4) is 0 Å². The van der Waals surface area contributed by atoms with Crippen molar-refractivity contribution in [2.45, 2.75) is 13.3 Å². The molecular weight excluding hydrogens is 256 g/mol. The van der Waals surface area contributed by atoms with E-state index in [0.717, 1.165) is 13.0 Å². The van der Waals surface area contributed by atoms with Crippen molar-refractivity contribution < 1.29 is 9.53 Å². The Morgan fingerprint density at radius 3 is 2.70 bits per heavy atom. The lowest BCUT2D eigenvalue weighted by Crippen LogP contribution is -2.10. The normalized spacial score (nSPS) is 10.1. The highest BCUT2D eigenvalue weighted by Crippen LogP contribution is 2.20. The maximum absolute atomic E-state index is 11.0. The highest BCUT2D eigenvalue weighted by molar-refractivity contribution is 5.92. The van der Waals surface area contributed by atoms with E-state index >= 15 is 0 Å². The van der Waals surface area contributed by atoms with Crippen LogP contribution in [-0.2, 0) is 0 Å². The molecule has 1 heterocycles. The summed E-state index contributed by atoms with van der Waals surface area (Å²) in [5.41, 5.74) is 5.61. The predicted molar refractivity (Wildman–Crippen MR) is 75.8 cm³/mol. The maximum Gasteiger partial charge on any atom is 0.248 e. The first-order valence-electron chi connectivity index (χ1n) is 6.33. The molecule has 0 aliphatic heterocycles. The first-order valence-corrected chi connectivity index (χ1v) is 6.33. The molecule has 2 rings (SSSR count). The third-order valence-corrected chi connectivity index (χ3v) is 2.52. The molecule has 0 bridgehead atoms. The Kier molecular flexibility index (Phi) is 4.49. The summed E-state index contributed by atoms with van der Waals surface area (Å²) in [6.07, 6.45) is 2.61. The van der Waals surface area contributed by atoms with E-state index in [1.54, 1.807) is 36.5 Å². The molecule has 2 aromatic rings. The van der Waals surface area contributed by atoms with E-state index in [-0.39, 0.29) is 0 Å². The quantitative estimate of drug-likeness (QED) is 0.841. The van der Waals surface area contributed by atoms with Gasteiger partial charge < -0.3 is 15.8 Å². The third kappa shape index (κ3) is 3.68. The van der Waals surface area contributed by atoms with Gasteiger partial charge in [0, 0.05) is 24.4 Å². The molecule has 3 N–H and O–H groups in total. The number of rotatable bonds is 6. The fraction of sp³-hybridized carbons (Fsp3) is 0.214. The number of amides is 1. The number of carbonyl (C=O) groups is 1. The summed E-state index contributed by atoms with van der Waals surface area (Å²) in [6, 6.07) is 8.21. The van der Waals surface area contributed by atoms with Crippen LogP contribution < -0.4 is 15.8 Å². The molecule has 1 aromatic carbocycles. The summed E-state index contributed by atoms with van der Waals surface area (Å²) >= 11 is 0. The van der Waals surface area contributed by atoms with E-state index in [0.29, 0.717) is 23.1 Å². The van der Waals surface area contributed by atoms with Gasteiger partial charge in [-0.1, -0.05) is 6.92 Å². The van der Waals surface area contributed by atoms with Gasteiger partial charge in [-0.3, -0.25) is 4.79 Å². The number of nitrogens with one attached hydrogen (secondary N) is 1. The molecule has 6 heteroatoms. The zero-order valence-corrected chi connectivity index (χ0v) is 11.2. The highest BCUT2D eigenvalue weighted by Gasteiger charge is 2.03. The van der Waals surface area contributed by atoms with Gasteiger partial charge in [0.05, 0.1) is 0 Å². The van der Waals surface area contributed by atoms with Gasteiger partial charge in [-0.05, 0) is 30.7 Å². The van der Waals surface area contributed by atoms with Gasteiger partial charge in [0.1, 0.15) is 5.75 Å². The van der Waals surface area contributed by atoms with Crippen LogP contribution in [0.15, 0.2) is 36.5 Å². The summed E-state index contributed by atoms with van der Waals surface area (Å²) in [7, 11) is 0. The summed E-state index contributed by atoms with van der Waals surface area (Å²) < 4.78 is 5.59. The van der Waals surface area contributed by atoms with E-state index in [2.05, 4.69) is 22.2 Å². The van der Waals surface area contributed by atoms with Crippen LogP contribution in [0.4, 0.5) is 5.95 Å². The van der Waals surface area contributed by atoms with E-state index in [4.69, 9.17) is 10.5 Å². The lowest BCUT2D eigenvalue weighted by atomic mass is 10.2. The standard InChI is InChI=1S/C14H16N4O2/c1-2-8-16-14-17-9-7-12(18-14)20-11-5-3-10(4-6-11)13(15)19/h3-7,9H,2,8H2,1H3,(H2,15,19)(H,16,17,18). The number of hydrogen-bond donors (Lipinski definition) is 2. The van der Waals surface area contributed by atoms with Gasteiger partial charge >= 0.3 is 0 Å². The number of primary amides is 1. The molecule has 0 aliphatic rings. The molecule has 0 saturated heterocycles. The number of nitrogens with two attached hydrogens (primary N) is 1. The number of hydrogen-bond acceptors (Lipinski definition) is 5. The Hall–Kier alpha value is -2.63. The SMILES string of the molecule is CCCNc1nccc(Oc2ccc(C(N)=O)cc2)n1. The average molecular weight is 272 g/mol. The molecule has 0 atom stereocenters. The van der Waals surface area contributed by atoms with Crippen molar-refractivity contribution in [2.24, 2.45) is 5.73 Å². The summed E-state index contributed by atoms with van der Waals surface area (Å²) in [6.45, 7) is 2.87. The maximum atomic E-state index is 11.0. The van der Waals surface area contributed by atoms with Crippen LogP contribution in [0.1, 0.15) is 23.7 Å². The summed E-state index contributed by atoms with van der Waals surface area (Å²) in [5, 5.41) is 3.08. The second-order valence-electron chi connectivity index (χ2n) is 4.14. The van der Waals surface area contributed by atoms with Gasteiger partial charge in [-0.25, -0.2) is 4.98 Å². The highest BCUT2D eigenvalue weighted by atomic mass is 16.5. The van der Waals surface area contributed by atoms with Crippen LogP contribution in [0.2, 0.25) is 0 Å². The van der Waals surface area contributed by atoms with Gasteiger partial charge in [-0.2, -0.15) is 4.98 Å². The van der Waals surface area contributed by atoms with Crippen molar-refractivity contribution in [3.8, 4) is 11.6 Å². The number of nitrogens with zero attached hydrogens (tertiary/aromatic N) is 2. The molecule has 0 saturated carbocycles. The molecule has 1 aromatic heterocycles. The molecule has 20 heavy (non-hydrogen) atoms. The van der Waals surface area contributed by atoms with E-state index < -0.39 is 5.91 Å². The molecule has 0 radical (unpaired) electrons. The number of benzene rings is 1. The minimum absolute atomic E-state index is 0.435. The molecule has 0 spiro atoms. The largest absolute Gasteiger partial charge is 0.439 e. The second-order valence-corrected chi connectivity index (χ2v) is 4.14. The van der Waals surface area contributed by atoms with Crippen LogP contribution in [0.25, 0.3) is 0 Å². The minimum atomic E-state index is -0.468. The molecule has 6 nitrogen and oxygen atoms in total. The first-order chi connectivity index (χ1) is 9.69. The molecule has 0 aliphatic carbocycles. The van der Waals surface area contributed by atoms with Gasteiger partial charge in [0.15, 0.2) is 0 Å².